The highest BCUT2D eigenvalue weighted by Gasteiger charge is 2.31. The lowest BCUT2D eigenvalue weighted by Crippen LogP contribution is -2.34. The third-order valence-electron chi connectivity index (χ3n) is 4.22. The summed E-state index contributed by atoms with van der Waals surface area (Å²) < 4.78 is 5.25. The number of hydrogen-bond acceptors (Lipinski definition) is 3. The Balaban J connectivity index is 1.91. The van der Waals surface area contributed by atoms with E-state index in [2.05, 4.69) is 48.6 Å². The lowest BCUT2D eigenvalue weighted by atomic mass is 9.98. The average Bonchev–Trinajstić information content (AvgIpc) is 3.07. The molecule has 0 bridgehead atoms. The summed E-state index contributed by atoms with van der Waals surface area (Å²) in [6.07, 6.45) is 0.817. The summed E-state index contributed by atoms with van der Waals surface area (Å²) in [6.45, 7) is 2.09. The van der Waals surface area contributed by atoms with Gasteiger partial charge in [-0.1, -0.05) is 42.0 Å². The minimum Gasteiger partial charge on any atom is -0.497 e. The molecule has 0 saturated carbocycles. The first-order chi connectivity index (χ1) is 11.6. The molecule has 0 spiro atoms. The Kier molecular flexibility index (Phi) is 4.81. The fraction of sp³-hybridized carbons (Fsp3) is 0.263. The van der Waals surface area contributed by atoms with Crippen LogP contribution in [0.5, 0.6) is 5.75 Å². The van der Waals surface area contributed by atoms with Gasteiger partial charge in [-0.2, -0.15) is 5.10 Å². The van der Waals surface area contributed by atoms with Crippen LogP contribution in [0.1, 0.15) is 29.2 Å². The SMILES string of the molecule is CNC(=S)N1N=C(c2ccc(C)cc2)C[C@@H]1c1ccc(OC)cc1. The van der Waals surface area contributed by atoms with E-state index < -0.39 is 0 Å². The van der Waals surface area contributed by atoms with Gasteiger partial charge in [-0.05, 0) is 42.4 Å². The Bertz CT molecular complexity index is 753. The van der Waals surface area contributed by atoms with Crippen LogP contribution in [0.3, 0.4) is 0 Å². The van der Waals surface area contributed by atoms with Crippen molar-refractivity contribution in [1.29, 1.82) is 0 Å². The van der Waals surface area contributed by atoms with E-state index in [0.717, 1.165) is 23.4 Å². The highest BCUT2D eigenvalue weighted by atomic mass is 32.1. The van der Waals surface area contributed by atoms with Gasteiger partial charge in [0.05, 0.1) is 18.9 Å². The van der Waals surface area contributed by atoms with Gasteiger partial charge in [0.1, 0.15) is 5.75 Å². The molecule has 2 aromatic rings. The summed E-state index contributed by atoms with van der Waals surface area (Å²) in [7, 11) is 3.50. The first-order valence-electron chi connectivity index (χ1n) is 7.92. The van der Waals surface area contributed by atoms with Gasteiger partial charge in [0, 0.05) is 13.5 Å². The molecule has 0 saturated heterocycles. The maximum Gasteiger partial charge on any atom is 0.189 e. The molecule has 1 N–H and O–H groups in total. The molecule has 0 amide bonds. The van der Waals surface area contributed by atoms with Crippen LogP contribution in [0.4, 0.5) is 0 Å². The van der Waals surface area contributed by atoms with Crippen LogP contribution in [-0.4, -0.2) is 30.0 Å². The second kappa shape index (κ2) is 7.01. The minimum atomic E-state index is 0.0900. The molecule has 1 aliphatic heterocycles. The topological polar surface area (TPSA) is 36.9 Å². The van der Waals surface area contributed by atoms with E-state index in [9.17, 15) is 0 Å². The molecule has 0 unspecified atom stereocenters. The van der Waals surface area contributed by atoms with Crippen molar-refractivity contribution in [2.45, 2.75) is 19.4 Å². The summed E-state index contributed by atoms with van der Waals surface area (Å²) in [4.78, 5) is 0. The van der Waals surface area contributed by atoms with Gasteiger partial charge in [-0.25, -0.2) is 5.01 Å². The molecule has 1 aliphatic rings. The number of methoxy groups -OCH3 is 1. The van der Waals surface area contributed by atoms with Crippen molar-refractivity contribution in [2.24, 2.45) is 5.10 Å². The molecular formula is C19H21N3OS. The molecule has 1 atom stereocenters. The Morgan fingerprint density at radius 2 is 1.83 bits per heavy atom. The van der Waals surface area contributed by atoms with Crippen molar-refractivity contribution in [3.63, 3.8) is 0 Å². The number of rotatable bonds is 3. The van der Waals surface area contributed by atoms with Crippen molar-refractivity contribution < 1.29 is 4.74 Å². The van der Waals surface area contributed by atoms with Crippen molar-refractivity contribution in [1.82, 2.24) is 10.3 Å². The van der Waals surface area contributed by atoms with E-state index in [0.29, 0.717) is 5.11 Å². The molecular weight excluding hydrogens is 318 g/mol. The van der Waals surface area contributed by atoms with Gasteiger partial charge >= 0.3 is 0 Å². The zero-order valence-corrected chi connectivity index (χ0v) is 14.9. The highest BCUT2D eigenvalue weighted by Crippen LogP contribution is 2.33. The van der Waals surface area contributed by atoms with Gasteiger partial charge in [-0.3, -0.25) is 0 Å². The third kappa shape index (κ3) is 3.26. The number of ether oxygens (including phenoxy) is 1. The van der Waals surface area contributed by atoms with Crippen molar-refractivity contribution in [3.05, 3.63) is 65.2 Å². The first-order valence-corrected chi connectivity index (χ1v) is 8.32. The lowest BCUT2D eigenvalue weighted by Gasteiger charge is -2.23. The Hall–Kier alpha value is -2.40. The number of hydrogen-bond donors (Lipinski definition) is 1. The van der Waals surface area contributed by atoms with Crippen LogP contribution in [-0.2, 0) is 0 Å². The van der Waals surface area contributed by atoms with Crippen LogP contribution >= 0.6 is 12.2 Å². The Labute approximate surface area is 148 Å². The smallest absolute Gasteiger partial charge is 0.189 e. The van der Waals surface area contributed by atoms with Crippen LogP contribution in [0.25, 0.3) is 0 Å². The van der Waals surface area contributed by atoms with Gasteiger partial charge in [0.15, 0.2) is 5.11 Å². The summed E-state index contributed by atoms with van der Waals surface area (Å²) >= 11 is 5.45. The van der Waals surface area contributed by atoms with E-state index in [4.69, 9.17) is 22.1 Å². The molecule has 24 heavy (non-hydrogen) atoms. The number of thiocarbonyl (C=S) groups is 1. The monoisotopic (exact) mass is 339 g/mol. The minimum absolute atomic E-state index is 0.0900. The number of hydrazone groups is 1. The molecule has 4 nitrogen and oxygen atoms in total. The van der Waals surface area contributed by atoms with E-state index in [1.54, 1.807) is 7.11 Å². The van der Waals surface area contributed by atoms with Crippen molar-refractivity contribution >= 4 is 23.0 Å². The standard InChI is InChI=1S/C19H21N3OS/c1-13-4-6-14(7-5-13)17-12-18(22(21-17)19(24)20-2)15-8-10-16(23-3)11-9-15/h4-11,18H,12H2,1-3H3,(H,20,24)/t18-/m1/s1. The fourth-order valence-electron chi connectivity index (χ4n) is 2.82. The molecule has 0 fully saturated rings. The van der Waals surface area contributed by atoms with E-state index in [1.165, 1.54) is 11.1 Å². The molecule has 5 heteroatoms. The molecule has 0 aliphatic carbocycles. The zero-order valence-electron chi connectivity index (χ0n) is 14.1. The summed E-state index contributed by atoms with van der Waals surface area (Å²) in [6, 6.07) is 16.6. The second-order valence-corrected chi connectivity index (χ2v) is 6.19. The largest absolute Gasteiger partial charge is 0.497 e. The maximum atomic E-state index is 5.45. The lowest BCUT2D eigenvalue weighted by molar-refractivity contribution is 0.365. The van der Waals surface area contributed by atoms with Crippen LogP contribution in [0.15, 0.2) is 53.6 Å². The fourth-order valence-corrected chi connectivity index (χ4v) is 2.99. The van der Waals surface area contributed by atoms with Crippen LogP contribution in [0.2, 0.25) is 0 Å². The Morgan fingerprint density at radius 3 is 2.42 bits per heavy atom. The quantitative estimate of drug-likeness (QED) is 0.866. The van der Waals surface area contributed by atoms with E-state index >= 15 is 0 Å². The molecule has 1 heterocycles. The average molecular weight is 339 g/mol. The van der Waals surface area contributed by atoms with E-state index in [-0.39, 0.29) is 6.04 Å². The highest BCUT2D eigenvalue weighted by molar-refractivity contribution is 7.80. The number of nitrogens with zero attached hydrogens (tertiary/aromatic N) is 2. The predicted molar refractivity (Wildman–Crippen MR) is 102 cm³/mol. The molecule has 0 radical (unpaired) electrons. The van der Waals surface area contributed by atoms with Gasteiger partial charge in [0.2, 0.25) is 0 Å². The predicted octanol–water partition coefficient (Wildman–Crippen LogP) is 3.66. The van der Waals surface area contributed by atoms with Crippen molar-refractivity contribution in [3.8, 4) is 5.75 Å². The molecule has 2 aromatic carbocycles. The number of benzene rings is 2. The first kappa shape index (κ1) is 16.5. The zero-order chi connectivity index (χ0) is 17.1. The summed E-state index contributed by atoms with van der Waals surface area (Å²) in [5.41, 5.74) is 4.60. The molecule has 3 rings (SSSR count). The third-order valence-corrected chi connectivity index (χ3v) is 4.61. The Morgan fingerprint density at radius 1 is 1.17 bits per heavy atom. The molecule has 0 aromatic heterocycles. The van der Waals surface area contributed by atoms with Gasteiger partial charge < -0.3 is 10.1 Å². The number of aryl methyl sites for hydroxylation is 1. The van der Waals surface area contributed by atoms with Crippen molar-refractivity contribution in [2.75, 3.05) is 14.2 Å². The maximum absolute atomic E-state index is 5.45. The van der Waals surface area contributed by atoms with Gasteiger partial charge in [0.25, 0.3) is 0 Å². The normalized spacial score (nSPS) is 16.7. The van der Waals surface area contributed by atoms with E-state index in [1.807, 2.05) is 24.2 Å². The number of nitrogens with one attached hydrogen (secondary N) is 1. The second-order valence-electron chi connectivity index (χ2n) is 5.81. The van der Waals surface area contributed by atoms with Gasteiger partial charge in [-0.15, -0.1) is 0 Å². The van der Waals surface area contributed by atoms with Crippen LogP contribution < -0.4 is 10.1 Å². The summed E-state index contributed by atoms with van der Waals surface area (Å²) in [5.74, 6) is 0.846. The van der Waals surface area contributed by atoms with Crippen LogP contribution in [0, 0.1) is 6.92 Å². The molecule has 124 valence electrons. The summed E-state index contributed by atoms with van der Waals surface area (Å²) in [5, 5.41) is 10.3.